The largest absolute Gasteiger partial charge is 0.383 e. The molecule has 0 saturated heterocycles. The lowest BCUT2D eigenvalue weighted by Crippen LogP contribution is -2.41. The molecule has 1 N–H and O–H groups in total. The van der Waals surface area contributed by atoms with E-state index in [-0.39, 0.29) is 11.9 Å². The molecule has 1 aromatic heterocycles. The van der Waals surface area contributed by atoms with Crippen LogP contribution in [-0.4, -0.2) is 49.6 Å². The molecule has 0 bridgehead atoms. The van der Waals surface area contributed by atoms with Gasteiger partial charge in [0.1, 0.15) is 11.9 Å². The van der Waals surface area contributed by atoms with E-state index in [0.717, 1.165) is 24.4 Å². The van der Waals surface area contributed by atoms with Gasteiger partial charge in [-0.2, -0.15) is 11.8 Å². The van der Waals surface area contributed by atoms with Crippen molar-refractivity contribution in [1.82, 2.24) is 14.5 Å². The Kier molecular flexibility index (Phi) is 4.87. The number of imidazole rings is 1. The molecule has 1 fully saturated rings. The van der Waals surface area contributed by atoms with Gasteiger partial charge in [0, 0.05) is 25.5 Å². The number of nitrogens with zero attached hydrogens (tertiary/aromatic N) is 3. The van der Waals surface area contributed by atoms with Crippen molar-refractivity contribution in [1.29, 1.82) is 0 Å². The highest BCUT2D eigenvalue weighted by atomic mass is 32.2. The summed E-state index contributed by atoms with van der Waals surface area (Å²) in [6.45, 7) is 0.489. The minimum atomic E-state index is -0.881. The van der Waals surface area contributed by atoms with Crippen LogP contribution in [-0.2, 0) is 18.4 Å². The third-order valence-electron chi connectivity index (χ3n) is 3.38. The summed E-state index contributed by atoms with van der Waals surface area (Å²) in [6.07, 6.45) is 7.28. The molecule has 19 heavy (non-hydrogen) atoms. The smallest absolute Gasteiger partial charge is 0.252 e. The van der Waals surface area contributed by atoms with Gasteiger partial charge in [-0.05, 0) is 31.3 Å². The summed E-state index contributed by atoms with van der Waals surface area (Å²) >= 11 is 1.64. The van der Waals surface area contributed by atoms with Crippen molar-refractivity contribution < 1.29 is 9.90 Å². The van der Waals surface area contributed by atoms with Crippen LogP contribution in [0.25, 0.3) is 0 Å². The second-order valence-electron chi connectivity index (χ2n) is 4.95. The van der Waals surface area contributed by atoms with Crippen LogP contribution in [0, 0.1) is 0 Å². The molecule has 1 unspecified atom stereocenters. The quantitative estimate of drug-likeness (QED) is 0.812. The summed E-state index contributed by atoms with van der Waals surface area (Å²) in [4.78, 5) is 18.3. The zero-order valence-electron chi connectivity index (χ0n) is 11.5. The minimum absolute atomic E-state index is 0.153. The maximum atomic E-state index is 12.3. The Bertz CT molecular complexity index is 431. The third kappa shape index (κ3) is 3.73. The molecule has 1 aromatic rings. The molecule has 0 aliphatic heterocycles. The summed E-state index contributed by atoms with van der Waals surface area (Å²) in [6, 6.07) is 0.285. The van der Waals surface area contributed by atoms with Gasteiger partial charge in [0.2, 0.25) is 0 Å². The number of aliphatic hydroxyl groups is 1. The van der Waals surface area contributed by atoms with Gasteiger partial charge in [-0.1, -0.05) is 0 Å². The van der Waals surface area contributed by atoms with Crippen molar-refractivity contribution in [2.45, 2.75) is 38.0 Å². The maximum absolute atomic E-state index is 12.3. The van der Waals surface area contributed by atoms with Crippen LogP contribution in [0.5, 0.6) is 0 Å². The number of amides is 1. The molecule has 1 aliphatic rings. The molecule has 2 rings (SSSR count). The van der Waals surface area contributed by atoms with Crippen LogP contribution in [0.15, 0.2) is 12.4 Å². The van der Waals surface area contributed by atoms with E-state index < -0.39 is 6.10 Å². The van der Waals surface area contributed by atoms with Crippen molar-refractivity contribution >= 4 is 17.7 Å². The number of aliphatic hydroxyl groups excluding tert-OH is 1. The fourth-order valence-corrected chi connectivity index (χ4v) is 2.48. The first-order valence-electron chi connectivity index (χ1n) is 6.57. The van der Waals surface area contributed by atoms with Crippen LogP contribution in [0.4, 0.5) is 0 Å². The number of rotatable bonds is 7. The van der Waals surface area contributed by atoms with Crippen LogP contribution >= 0.6 is 11.8 Å². The zero-order valence-corrected chi connectivity index (χ0v) is 12.3. The van der Waals surface area contributed by atoms with Crippen LogP contribution in [0.2, 0.25) is 0 Å². The SMILES string of the molecule is CSCCC(O)C(=O)N(Cc1nccn1C)C1CC1. The Balaban J connectivity index is 1.99. The van der Waals surface area contributed by atoms with Crippen LogP contribution < -0.4 is 0 Å². The number of carbonyl (C=O) groups excluding carboxylic acids is 1. The average molecular weight is 283 g/mol. The molecule has 0 aromatic carbocycles. The molecule has 1 atom stereocenters. The van der Waals surface area contributed by atoms with E-state index in [2.05, 4.69) is 4.98 Å². The number of hydrogen-bond acceptors (Lipinski definition) is 4. The van der Waals surface area contributed by atoms with Crippen molar-refractivity contribution in [2.75, 3.05) is 12.0 Å². The molecular weight excluding hydrogens is 262 g/mol. The molecular formula is C13H21N3O2S. The fourth-order valence-electron chi connectivity index (χ4n) is 2.02. The lowest BCUT2D eigenvalue weighted by molar-refractivity contribution is -0.141. The topological polar surface area (TPSA) is 58.4 Å². The van der Waals surface area contributed by atoms with Gasteiger partial charge in [-0.15, -0.1) is 0 Å². The van der Waals surface area contributed by atoms with Crippen molar-refractivity contribution in [3.63, 3.8) is 0 Å². The maximum Gasteiger partial charge on any atom is 0.252 e. The Morgan fingerprint density at radius 1 is 1.68 bits per heavy atom. The van der Waals surface area contributed by atoms with Crippen LogP contribution in [0.3, 0.4) is 0 Å². The molecule has 1 saturated carbocycles. The predicted octanol–water partition coefficient (Wildman–Crippen LogP) is 1.03. The standard InChI is InChI=1S/C13H21N3O2S/c1-15-7-6-14-12(15)9-16(10-3-4-10)13(18)11(17)5-8-19-2/h6-7,10-11,17H,3-5,8-9H2,1-2H3. The number of aryl methyl sites for hydroxylation is 1. The monoisotopic (exact) mass is 283 g/mol. The van der Waals surface area contributed by atoms with Crippen molar-refractivity contribution in [3.8, 4) is 0 Å². The number of carbonyl (C=O) groups is 1. The van der Waals surface area contributed by atoms with Gasteiger partial charge in [0.25, 0.3) is 5.91 Å². The lowest BCUT2D eigenvalue weighted by atomic mass is 10.2. The first-order chi connectivity index (χ1) is 9.13. The first kappa shape index (κ1) is 14.4. The van der Waals surface area contributed by atoms with Crippen molar-refractivity contribution in [3.05, 3.63) is 18.2 Å². The Hall–Kier alpha value is -1.01. The molecule has 5 nitrogen and oxygen atoms in total. The fraction of sp³-hybridized carbons (Fsp3) is 0.692. The van der Waals surface area contributed by atoms with Gasteiger partial charge in [-0.3, -0.25) is 4.79 Å². The van der Waals surface area contributed by atoms with Crippen LogP contribution in [0.1, 0.15) is 25.1 Å². The molecule has 1 aliphatic carbocycles. The second-order valence-corrected chi connectivity index (χ2v) is 5.93. The van der Waals surface area contributed by atoms with E-state index >= 15 is 0 Å². The molecule has 106 valence electrons. The number of thioether (sulfide) groups is 1. The Morgan fingerprint density at radius 2 is 2.42 bits per heavy atom. The zero-order chi connectivity index (χ0) is 13.8. The van der Waals surface area contributed by atoms with E-state index in [1.807, 2.05) is 24.1 Å². The molecule has 1 heterocycles. The molecule has 6 heteroatoms. The van der Waals surface area contributed by atoms with Gasteiger partial charge in [0.05, 0.1) is 6.54 Å². The second kappa shape index (κ2) is 6.43. The van der Waals surface area contributed by atoms with E-state index in [4.69, 9.17) is 0 Å². The van der Waals surface area contributed by atoms with E-state index in [1.54, 1.807) is 22.9 Å². The Morgan fingerprint density at radius 3 is 2.95 bits per heavy atom. The summed E-state index contributed by atoms with van der Waals surface area (Å²) in [7, 11) is 1.92. The normalized spacial score (nSPS) is 16.4. The molecule has 1 amide bonds. The summed E-state index contributed by atoms with van der Waals surface area (Å²) in [5, 5.41) is 9.96. The van der Waals surface area contributed by atoms with E-state index in [9.17, 15) is 9.90 Å². The lowest BCUT2D eigenvalue weighted by Gasteiger charge is -2.24. The van der Waals surface area contributed by atoms with Gasteiger partial charge >= 0.3 is 0 Å². The third-order valence-corrected chi connectivity index (χ3v) is 4.03. The summed E-state index contributed by atoms with van der Waals surface area (Å²) < 4.78 is 1.91. The van der Waals surface area contributed by atoms with Gasteiger partial charge in [0.15, 0.2) is 0 Å². The highest BCUT2D eigenvalue weighted by Crippen LogP contribution is 2.29. The van der Waals surface area contributed by atoms with E-state index in [0.29, 0.717) is 13.0 Å². The predicted molar refractivity (Wildman–Crippen MR) is 75.8 cm³/mol. The van der Waals surface area contributed by atoms with Gasteiger partial charge in [-0.25, -0.2) is 4.98 Å². The summed E-state index contributed by atoms with van der Waals surface area (Å²) in [5.41, 5.74) is 0. The first-order valence-corrected chi connectivity index (χ1v) is 7.96. The Labute approximate surface area is 118 Å². The van der Waals surface area contributed by atoms with E-state index in [1.165, 1.54) is 0 Å². The minimum Gasteiger partial charge on any atom is -0.383 e. The molecule has 0 spiro atoms. The highest BCUT2D eigenvalue weighted by molar-refractivity contribution is 7.98. The van der Waals surface area contributed by atoms with Gasteiger partial charge < -0.3 is 14.6 Å². The average Bonchev–Trinajstić information content (AvgIpc) is 3.16. The number of hydrogen-bond donors (Lipinski definition) is 1. The summed E-state index contributed by atoms with van der Waals surface area (Å²) in [5.74, 6) is 1.50. The molecule has 0 radical (unpaired) electrons. The number of aromatic nitrogens is 2. The van der Waals surface area contributed by atoms with Crippen molar-refractivity contribution in [2.24, 2.45) is 7.05 Å². The highest BCUT2D eigenvalue weighted by Gasteiger charge is 2.35.